The van der Waals surface area contributed by atoms with E-state index in [0.717, 1.165) is 12.8 Å². The number of hydrogen-bond acceptors (Lipinski definition) is 4. The fourth-order valence-corrected chi connectivity index (χ4v) is 1.03. The topological polar surface area (TPSA) is 65.0 Å². The molecule has 84 valence electrons. The molecule has 0 rings (SSSR count). The van der Waals surface area contributed by atoms with Gasteiger partial charge in [-0.3, -0.25) is 0 Å². The zero-order valence-corrected chi connectivity index (χ0v) is 8.53. The first-order valence-electron chi connectivity index (χ1n) is 4.96. The minimum Gasteiger partial charge on any atom is -0.448 e. The Kier molecular flexibility index (Phi) is 9.68. The zero-order chi connectivity index (χ0) is 10.6. The summed E-state index contributed by atoms with van der Waals surface area (Å²) in [5, 5.41) is 11.9. The first kappa shape index (κ1) is 13.2. The molecule has 0 saturated heterocycles. The standard InChI is InChI=1S/C9H18O5/c1-2-3-4-5-6-7-8-12-14-13-9(10)11/h2-8H2,1H3,(H,10,11). The molecule has 0 spiro atoms. The number of carboxylic acid groups (broad SMARTS) is 1. The molecule has 0 atom stereocenters. The maximum Gasteiger partial charge on any atom is 0.540 e. The number of hydrogen-bond donors (Lipinski definition) is 1. The largest absolute Gasteiger partial charge is 0.540 e. The molecule has 0 bridgehead atoms. The highest BCUT2D eigenvalue weighted by molar-refractivity contribution is 5.55. The van der Waals surface area contributed by atoms with Crippen LogP contribution in [0.2, 0.25) is 0 Å². The molecule has 0 aliphatic rings. The molecule has 0 saturated carbocycles. The van der Waals surface area contributed by atoms with E-state index in [1.54, 1.807) is 0 Å². The van der Waals surface area contributed by atoms with Gasteiger partial charge in [0.1, 0.15) is 0 Å². The second-order valence-corrected chi connectivity index (χ2v) is 3.01. The highest BCUT2D eigenvalue weighted by Crippen LogP contribution is 2.04. The Morgan fingerprint density at radius 2 is 1.79 bits per heavy atom. The summed E-state index contributed by atoms with van der Waals surface area (Å²) in [6, 6.07) is 0. The Hall–Kier alpha value is -0.810. The molecule has 0 unspecified atom stereocenters. The van der Waals surface area contributed by atoms with E-state index in [1.165, 1.54) is 25.7 Å². The quantitative estimate of drug-likeness (QED) is 0.357. The molecule has 0 amide bonds. The average molecular weight is 206 g/mol. The molecular formula is C9H18O5. The molecule has 5 nitrogen and oxygen atoms in total. The molecule has 0 heterocycles. The summed E-state index contributed by atoms with van der Waals surface area (Å²) < 4.78 is 0. The van der Waals surface area contributed by atoms with Gasteiger partial charge >= 0.3 is 6.16 Å². The van der Waals surface area contributed by atoms with E-state index in [0.29, 0.717) is 6.61 Å². The van der Waals surface area contributed by atoms with Crippen molar-refractivity contribution in [3.05, 3.63) is 0 Å². The van der Waals surface area contributed by atoms with E-state index in [-0.39, 0.29) is 0 Å². The summed E-state index contributed by atoms with van der Waals surface area (Å²) in [5.74, 6) is 0. The lowest BCUT2D eigenvalue weighted by atomic mass is 10.1. The highest BCUT2D eigenvalue weighted by Gasteiger charge is 1.97. The van der Waals surface area contributed by atoms with Crippen molar-refractivity contribution in [3.63, 3.8) is 0 Å². The first-order chi connectivity index (χ1) is 6.77. The first-order valence-corrected chi connectivity index (χ1v) is 4.96. The lowest BCUT2D eigenvalue weighted by Crippen LogP contribution is -2.03. The van der Waals surface area contributed by atoms with Crippen molar-refractivity contribution < 1.29 is 24.7 Å². The second-order valence-electron chi connectivity index (χ2n) is 3.01. The molecule has 14 heavy (non-hydrogen) atoms. The maximum atomic E-state index is 9.78. The average Bonchev–Trinajstić information content (AvgIpc) is 2.15. The van der Waals surface area contributed by atoms with Crippen LogP contribution in [0.3, 0.4) is 0 Å². The smallest absolute Gasteiger partial charge is 0.448 e. The van der Waals surface area contributed by atoms with Gasteiger partial charge in [-0.05, 0) is 11.5 Å². The number of rotatable bonds is 9. The van der Waals surface area contributed by atoms with E-state index in [1.807, 2.05) is 0 Å². The van der Waals surface area contributed by atoms with Crippen LogP contribution in [-0.2, 0) is 14.8 Å². The predicted octanol–water partition coefficient (Wildman–Crippen LogP) is 2.90. The Morgan fingerprint density at radius 1 is 1.14 bits per heavy atom. The van der Waals surface area contributed by atoms with Crippen LogP contribution in [0.25, 0.3) is 0 Å². The number of carbonyl (C=O) groups is 1. The molecule has 0 radical (unpaired) electrons. The van der Waals surface area contributed by atoms with Crippen molar-refractivity contribution in [2.75, 3.05) is 6.61 Å². The zero-order valence-electron chi connectivity index (χ0n) is 8.53. The summed E-state index contributed by atoms with van der Waals surface area (Å²) in [6.07, 6.45) is 5.32. The van der Waals surface area contributed by atoms with E-state index in [4.69, 9.17) is 5.11 Å². The lowest BCUT2D eigenvalue weighted by molar-refractivity contribution is -0.485. The summed E-state index contributed by atoms with van der Waals surface area (Å²) in [7, 11) is 0. The van der Waals surface area contributed by atoms with Gasteiger partial charge in [0, 0.05) is 0 Å². The van der Waals surface area contributed by atoms with Crippen LogP contribution in [0.5, 0.6) is 0 Å². The van der Waals surface area contributed by atoms with E-state index < -0.39 is 6.16 Å². The van der Waals surface area contributed by atoms with Crippen LogP contribution in [0.15, 0.2) is 0 Å². The SMILES string of the molecule is CCCCCCCCOOOC(=O)O. The summed E-state index contributed by atoms with van der Waals surface area (Å²) in [5.41, 5.74) is 0. The Labute approximate surface area is 83.8 Å². The van der Waals surface area contributed by atoms with Crippen molar-refractivity contribution in [3.8, 4) is 0 Å². The van der Waals surface area contributed by atoms with Crippen molar-refractivity contribution >= 4 is 6.16 Å². The third-order valence-electron chi connectivity index (χ3n) is 1.73. The fraction of sp³-hybridized carbons (Fsp3) is 0.889. The summed E-state index contributed by atoms with van der Waals surface area (Å²) in [6.45, 7) is 2.53. The molecule has 0 fully saturated rings. The third-order valence-corrected chi connectivity index (χ3v) is 1.73. The number of unbranched alkanes of at least 4 members (excludes halogenated alkanes) is 5. The van der Waals surface area contributed by atoms with Crippen LogP contribution in [-0.4, -0.2) is 17.9 Å². The second kappa shape index (κ2) is 10.3. The van der Waals surface area contributed by atoms with Crippen LogP contribution >= 0.6 is 0 Å². The van der Waals surface area contributed by atoms with Crippen LogP contribution in [0.4, 0.5) is 4.79 Å². The molecule has 0 aliphatic carbocycles. The van der Waals surface area contributed by atoms with Crippen molar-refractivity contribution in [2.24, 2.45) is 0 Å². The van der Waals surface area contributed by atoms with E-state index in [2.05, 4.69) is 21.7 Å². The minimum absolute atomic E-state index is 0.361. The summed E-state index contributed by atoms with van der Waals surface area (Å²) in [4.78, 5) is 17.9. The third kappa shape index (κ3) is 11.2. The molecule has 0 aromatic rings. The van der Waals surface area contributed by atoms with Gasteiger partial charge in [0.2, 0.25) is 0 Å². The molecular weight excluding hydrogens is 188 g/mol. The fourth-order valence-electron chi connectivity index (χ4n) is 1.03. The van der Waals surface area contributed by atoms with Crippen LogP contribution in [0.1, 0.15) is 45.4 Å². The molecule has 0 aromatic heterocycles. The minimum atomic E-state index is -1.51. The van der Waals surface area contributed by atoms with Crippen LogP contribution < -0.4 is 0 Å². The van der Waals surface area contributed by atoms with Gasteiger partial charge in [0.25, 0.3) is 0 Å². The Morgan fingerprint density at radius 3 is 2.43 bits per heavy atom. The van der Waals surface area contributed by atoms with Crippen molar-refractivity contribution in [2.45, 2.75) is 45.4 Å². The Bertz CT molecular complexity index is 137. The van der Waals surface area contributed by atoms with Crippen molar-refractivity contribution in [1.82, 2.24) is 0 Å². The van der Waals surface area contributed by atoms with Gasteiger partial charge in [-0.2, -0.15) is 4.89 Å². The summed E-state index contributed by atoms with van der Waals surface area (Å²) >= 11 is 0. The monoisotopic (exact) mass is 206 g/mol. The molecule has 5 heteroatoms. The van der Waals surface area contributed by atoms with Gasteiger partial charge in [-0.1, -0.05) is 39.0 Å². The highest BCUT2D eigenvalue weighted by atomic mass is 17.5. The lowest BCUT2D eigenvalue weighted by Gasteiger charge is -2.00. The van der Waals surface area contributed by atoms with Crippen molar-refractivity contribution in [1.29, 1.82) is 0 Å². The van der Waals surface area contributed by atoms with Crippen LogP contribution in [0, 0.1) is 0 Å². The predicted molar refractivity (Wildman–Crippen MR) is 49.5 cm³/mol. The molecule has 0 aromatic carbocycles. The van der Waals surface area contributed by atoms with Gasteiger partial charge < -0.3 is 5.11 Å². The van der Waals surface area contributed by atoms with E-state index in [9.17, 15) is 4.79 Å². The van der Waals surface area contributed by atoms with Gasteiger partial charge in [-0.25, -0.2) is 9.68 Å². The van der Waals surface area contributed by atoms with Gasteiger partial charge in [0.15, 0.2) is 0 Å². The normalized spacial score (nSPS) is 10.1. The van der Waals surface area contributed by atoms with Gasteiger partial charge in [0.05, 0.1) is 6.61 Å². The van der Waals surface area contributed by atoms with Gasteiger partial charge in [-0.15, -0.1) is 0 Å². The Balaban J connectivity index is 2.88. The molecule has 0 aliphatic heterocycles. The molecule has 1 N–H and O–H groups in total. The van der Waals surface area contributed by atoms with E-state index >= 15 is 0 Å². The maximum absolute atomic E-state index is 9.78.